The van der Waals surface area contributed by atoms with Gasteiger partial charge in [0, 0.05) is 37.8 Å². The molecule has 2 amide bonds. The highest BCUT2D eigenvalue weighted by atomic mass is 16.2. The molecule has 4 rings (SSSR count). The molecule has 2 fully saturated rings. The molecule has 0 bridgehead atoms. The molecule has 2 atom stereocenters. The Bertz CT molecular complexity index is 601. The highest BCUT2D eigenvalue weighted by Gasteiger charge is 2.42. The van der Waals surface area contributed by atoms with E-state index in [0.717, 1.165) is 38.3 Å². The lowest BCUT2D eigenvalue weighted by Gasteiger charge is -2.22. The summed E-state index contributed by atoms with van der Waals surface area (Å²) in [5, 5.41) is 2.90. The molecule has 21 heavy (non-hydrogen) atoms. The summed E-state index contributed by atoms with van der Waals surface area (Å²) in [4.78, 5) is 28.3. The Labute approximate surface area is 123 Å². The number of amides is 2. The van der Waals surface area contributed by atoms with Gasteiger partial charge in [-0.25, -0.2) is 0 Å². The molecule has 5 heteroatoms. The van der Waals surface area contributed by atoms with Crippen molar-refractivity contribution in [2.45, 2.75) is 6.42 Å². The number of likely N-dealkylation sites (tertiary alicyclic amines) is 1. The zero-order valence-electron chi connectivity index (χ0n) is 11.9. The third-order valence-electron chi connectivity index (χ3n) is 4.94. The van der Waals surface area contributed by atoms with Crippen molar-refractivity contribution in [3.63, 3.8) is 0 Å². The number of anilines is 1. The first kappa shape index (κ1) is 12.8. The smallest absolute Gasteiger partial charge is 0.241 e. The second kappa shape index (κ2) is 4.84. The fourth-order valence-corrected chi connectivity index (χ4v) is 3.83. The maximum absolute atomic E-state index is 12.5. The van der Waals surface area contributed by atoms with Gasteiger partial charge in [-0.2, -0.15) is 0 Å². The molecule has 0 aliphatic carbocycles. The molecule has 2 saturated heterocycles. The van der Waals surface area contributed by atoms with E-state index in [9.17, 15) is 9.59 Å². The molecule has 0 saturated carbocycles. The second-order valence-corrected chi connectivity index (χ2v) is 6.23. The molecule has 3 aliphatic rings. The van der Waals surface area contributed by atoms with Crippen molar-refractivity contribution in [3.8, 4) is 0 Å². The third kappa shape index (κ3) is 2.12. The largest absolute Gasteiger partial charge is 0.355 e. The van der Waals surface area contributed by atoms with Crippen molar-refractivity contribution in [2.75, 3.05) is 37.6 Å². The number of hydrogen-bond acceptors (Lipinski definition) is 3. The van der Waals surface area contributed by atoms with Crippen LogP contribution < -0.4 is 10.2 Å². The topological polar surface area (TPSA) is 52.7 Å². The highest BCUT2D eigenvalue weighted by Crippen LogP contribution is 2.29. The van der Waals surface area contributed by atoms with Crippen LogP contribution in [0, 0.1) is 11.8 Å². The minimum absolute atomic E-state index is 0.0867. The van der Waals surface area contributed by atoms with Crippen LogP contribution >= 0.6 is 0 Å². The molecule has 3 aliphatic heterocycles. The third-order valence-corrected chi connectivity index (χ3v) is 4.94. The van der Waals surface area contributed by atoms with Crippen molar-refractivity contribution in [1.29, 1.82) is 0 Å². The van der Waals surface area contributed by atoms with E-state index in [1.54, 1.807) is 0 Å². The predicted molar refractivity (Wildman–Crippen MR) is 78.9 cm³/mol. The molecule has 0 spiro atoms. The van der Waals surface area contributed by atoms with E-state index in [4.69, 9.17) is 0 Å². The molecule has 5 nitrogen and oxygen atoms in total. The maximum atomic E-state index is 12.5. The van der Waals surface area contributed by atoms with Gasteiger partial charge in [-0.1, -0.05) is 18.2 Å². The number of fused-ring (bicyclic) bond motifs is 2. The van der Waals surface area contributed by atoms with Crippen molar-refractivity contribution in [1.82, 2.24) is 10.2 Å². The molecule has 3 heterocycles. The summed E-state index contributed by atoms with van der Waals surface area (Å²) in [6.45, 7) is 3.54. The number of nitrogens with zero attached hydrogens (tertiary/aromatic N) is 2. The van der Waals surface area contributed by atoms with E-state index < -0.39 is 0 Å². The van der Waals surface area contributed by atoms with Crippen LogP contribution in [0.15, 0.2) is 24.3 Å². The van der Waals surface area contributed by atoms with Crippen molar-refractivity contribution in [3.05, 3.63) is 29.8 Å². The zero-order chi connectivity index (χ0) is 14.4. The first-order valence-electron chi connectivity index (χ1n) is 7.61. The quantitative estimate of drug-likeness (QED) is 0.848. The Balaban J connectivity index is 1.43. The highest BCUT2D eigenvalue weighted by molar-refractivity contribution is 5.96. The van der Waals surface area contributed by atoms with Gasteiger partial charge in [-0.15, -0.1) is 0 Å². The van der Waals surface area contributed by atoms with E-state index in [1.807, 2.05) is 23.1 Å². The van der Waals surface area contributed by atoms with Crippen LogP contribution in [0.5, 0.6) is 0 Å². The Morgan fingerprint density at radius 2 is 2.14 bits per heavy atom. The molecule has 0 aromatic heterocycles. The number of carbonyl (C=O) groups excluding carboxylic acids is 2. The summed E-state index contributed by atoms with van der Waals surface area (Å²) in [5.74, 6) is 0.779. The second-order valence-electron chi connectivity index (χ2n) is 6.23. The molecule has 0 unspecified atom stereocenters. The molecule has 1 aromatic carbocycles. The van der Waals surface area contributed by atoms with Gasteiger partial charge in [-0.05, 0) is 18.1 Å². The Hall–Kier alpha value is -1.88. The number of carbonyl (C=O) groups is 2. The lowest BCUT2D eigenvalue weighted by Crippen LogP contribution is -2.40. The monoisotopic (exact) mass is 285 g/mol. The van der Waals surface area contributed by atoms with Crippen molar-refractivity contribution in [2.24, 2.45) is 11.8 Å². The minimum atomic E-state index is 0.0867. The molecular formula is C16H19N3O2. The molecule has 1 N–H and O–H groups in total. The van der Waals surface area contributed by atoms with Crippen molar-refractivity contribution < 1.29 is 9.59 Å². The summed E-state index contributed by atoms with van der Waals surface area (Å²) in [5.41, 5.74) is 2.31. The van der Waals surface area contributed by atoms with Crippen LogP contribution in [-0.4, -0.2) is 49.4 Å². The predicted octanol–water partition coefficient (Wildman–Crippen LogP) is 0.254. The van der Waals surface area contributed by atoms with E-state index in [0.29, 0.717) is 12.5 Å². The summed E-state index contributed by atoms with van der Waals surface area (Å²) in [6.07, 6.45) is 0.940. The van der Waals surface area contributed by atoms with E-state index in [-0.39, 0.29) is 17.7 Å². The first-order chi connectivity index (χ1) is 10.2. The normalized spacial score (nSPS) is 27.6. The molecular weight excluding hydrogens is 266 g/mol. The average Bonchev–Trinajstić information content (AvgIpc) is 3.15. The van der Waals surface area contributed by atoms with Gasteiger partial charge in [-0.3, -0.25) is 14.5 Å². The molecule has 0 radical (unpaired) electrons. The van der Waals surface area contributed by atoms with Crippen LogP contribution in [0.25, 0.3) is 0 Å². The number of nitrogens with one attached hydrogen (secondary N) is 1. The fourth-order valence-electron chi connectivity index (χ4n) is 3.83. The summed E-state index contributed by atoms with van der Waals surface area (Å²) < 4.78 is 0. The lowest BCUT2D eigenvalue weighted by atomic mass is 10.0. The van der Waals surface area contributed by atoms with Gasteiger partial charge in [0.15, 0.2) is 0 Å². The molecule has 110 valence electrons. The van der Waals surface area contributed by atoms with Crippen LogP contribution in [0.2, 0.25) is 0 Å². The Kier molecular flexibility index (Phi) is 2.96. The summed E-state index contributed by atoms with van der Waals surface area (Å²) >= 11 is 0. The Morgan fingerprint density at radius 3 is 3.00 bits per heavy atom. The standard InChI is InChI=1S/C16H19N3O2/c20-15(19-6-5-11-3-1-2-4-14(11)19)10-18-8-12-7-17-16(21)13(12)9-18/h1-4,12-13H,5-10H2,(H,17,21)/t12-,13+/m0/s1. The SMILES string of the molecule is O=C1NC[C@H]2CN(CC(=O)N3CCc4ccccc43)C[C@@H]12. The first-order valence-corrected chi connectivity index (χ1v) is 7.61. The van der Waals surface area contributed by atoms with Crippen LogP contribution in [0.3, 0.4) is 0 Å². The van der Waals surface area contributed by atoms with E-state index in [2.05, 4.69) is 16.3 Å². The number of hydrogen-bond donors (Lipinski definition) is 1. The van der Waals surface area contributed by atoms with Gasteiger partial charge in [0.05, 0.1) is 12.5 Å². The van der Waals surface area contributed by atoms with Crippen LogP contribution in [-0.2, 0) is 16.0 Å². The van der Waals surface area contributed by atoms with Gasteiger partial charge in [0.25, 0.3) is 0 Å². The van der Waals surface area contributed by atoms with Gasteiger partial charge >= 0.3 is 0 Å². The lowest BCUT2D eigenvalue weighted by molar-refractivity contribution is -0.123. The van der Waals surface area contributed by atoms with Gasteiger partial charge in [0.2, 0.25) is 11.8 Å². The maximum Gasteiger partial charge on any atom is 0.241 e. The fraction of sp³-hybridized carbons (Fsp3) is 0.500. The van der Waals surface area contributed by atoms with E-state index in [1.165, 1.54) is 5.56 Å². The van der Waals surface area contributed by atoms with Gasteiger partial charge < -0.3 is 10.2 Å². The number of rotatable bonds is 2. The van der Waals surface area contributed by atoms with Crippen molar-refractivity contribution >= 4 is 17.5 Å². The molecule has 1 aromatic rings. The number of benzene rings is 1. The Morgan fingerprint density at radius 1 is 1.29 bits per heavy atom. The summed E-state index contributed by atoms with van der Waals surface area (Å²) in [6, 6.07) is 8.11. The van der Waals surface area contributed by atoms with Crippen LogP contribution in [0.4, 0.5) is 5.69 Å². The summed E-state index contributed by atoms with van der Waals surface area (Å²) in [7, 11) is 0. The number of para-hydroxylation sites is 1. The average molecular weight is 285 g/mol. The van der Waals surface area contributed by atoms with E-state index >= 15 is 0 Å². The van der Waals surface area contributed by atoms with Gasteiger partial charge in [0.1, 0.15) is 0 Å². The minimum Gasteiger partial charge on any atom is -0.355 e. The van der Waals surface area contributed by atoms with Crippen LogP contribution in [0.1, 0.15) is 5.56 Å². The zero-order valence-corrected chi connectivity index (χ0v) is 11.9.